The van der Waals surface area contributed by atoms with E-state index in [0.29, 0.717) is 11.1 Å². The number of hydrogen-bond donors (Lipinski definition) is 3. The highest BCUT2D eigenvalue weighted by atomic mass is 35.5. The fourth-order valence-corrected chi connectivity index (χ4v) is 3.53. The molecule has 2 amide bonds. The molecular weight excluding hydrogens is 454 g/mol. The van der Waals surface area contributed by atoms with E-state index in [-0.39, 0.29) is 22.7 Å². The van der Waals surface area contributed by atoms with Crippen molar-refractivity contribution < 1.29 is 28.3 Å². The largest absolute Gasteiger partial charge is 0.480 e. The number of anilines is 1. The molecule has 6 nitrogen and oxygen atoms in total. The van der Waals surface area contributed by atoms with Gasteiger partial charge in [0.05, 0.1) is 10.6 Å². The molecule has 0 heterocycles. The zero-order valence-electron chi connectivity index (χ0n) is 17.4. The monoisotopic (exact) mass is 472 g/mol. The van der Waals surface area contributed by atoms with Crippen molar-refractivity contribution in [1.82, 2.24) is 5.32 Å². The van der Waals surface area contributed by atoms with Crippen LogP contribution in [0.5, 0.6) is 0 Å². The molecule has 0 unspecified atom stereocenters. The zero-order valence-corrected chi connectivity index (χ0v) is 18.1. The van der Waals surface area contributed by atoms with Crippen molar-refractivity contribution in [3.05, 3.63) is 99.6 Å². The molecule has 3 aromatic carbocycles. The Balaban J connectivity index is 1.70. The van der Waals surface area contributed by atoms with Crippen LogP contribution in [0.4, 0.5) is 14.5 Å². The molecule has 0 radical (unpaired) electrons. The first-order valence-corrected chi connectivity index (χ1v) is 10.2. The minimum atomic E-state index is -1.24. The van der Waals surface area contributed by atoms with Gasteiger partial charge in [-0.05, 0) is 48.4 Å². The average Bonchev–Trinajstić information content (AvgIpc) is 2.74. The van der Waals surface area contributed by atoms with Crippen molar-refractivity contribution in [1.29, 1.82) is 0 Å². The summed E-state index contributed by atoms with van der Waals surface area (Å²) in [6.07, 6.45) is -0.0409. The number of nitrogens with one attached hydrogen (secondary N) is 2. The number of hydrogen-bond acceptors (Lipinski definition) is 3. The minimum Gasteiger partial charge on any atom is -0.480 e. The van der Waals surface area contributed by atoms with Gasteiger partial charge in [0.2, 0.25) is 0 Å². The van der Waals surface area contributed by atoms with Crippen molar-refractivity contribution in [2.24, 2.45) is 0 Å². The van der Waals surface area contributed by atoms with Crippen LogP contribution in [0, 0.1) is 18.6 Å². The average molecular weight is 473 g/mol. The van der Waals surface area contributed by atoms with Gasteiger partial charge in [-0.1, -0.05) is 41.9 Å². The lowest BCUT2D eigenvalue weighted by molar-refractivity contribution is -0.139. The van der Waals surface area contributed by atoms with Crippen LogP contribution in [-0.4, -0.2) is 28.9 Å². The third kappa shape index (κ3) is 5.72. The minimum absolute atomic E-state index is 0.0409. The lowest BCUT2D eigenvalue weighted by Gasteiger charge is -2.16. The highest BCUT2D eigenvalue weighted by molar-refractivity contribution is 6.34. The number of aliphatic carboxylic acids is 1. The van der Waals surface area contributed by atoms with E-state index in [1.54, 1.807) is 25.1 Å². The molecule has 33 heavy (non-hydrogen) atoms. The van der Waals surface area contributed by atoms with Gasteiger partial charge >= 0.3 is 5.97 Å². The second kappa shape index (κ2) is 10.2. The molecule has 0 aliphatic rings. The summed E-state index contributed by atoms with van der Waals surface area (Å²) in [5.74, 6) is -4.78. The Kier molecular flexibility index (Phi) is 7.40. The van der Waals surface area contributed by atoms with Crippen LogP contribution in [0.25, 0.3) is 0 Å². The molecule has 0 aliphatic heterocycles. The van der Waals surface area contributed by atoms with Crippen molar-refractivity contribution in [2.75, 3.05) is 5.32 Å². The molecule has 0 saturated heterocycles. The molecule has 0 saturated carbocycles. The van der Waals surface area contributed by atoms with Gasteiger partial charge in [-0.25, -0.2) is 13.6 Å². The third-order valence-corrected chi connectivity index (χ3v) is 5.21. The van der Waals surface area contributed by atoms with E-state index >= 15 is 0 Å². The van der Waals surface area contributed by atoms with Crippen molar-refractivity contribution in [3.63, 3.8) is 0 Å². The maximum atomic E-state index is 13.8. The molecule has 170 valence electrons. The van der Waals surface area contributed by atoms with E-state index in [1.165, 1.54) is 24.3 Å². The summed E-state index contributed by atoms with van der Waals surface area (Å²) in [7, 11) is 0. The Labute approximate surface area is 193 Å². The number of carbonyl (C=O) groups is 3. The van der Waals surface area contributed by atoms with E-state index in [1.807, 2.05) is 0 Å². The molecule has 9 heteroatoms. The lowest BCUT2D eigenvalue weighted by atomic mass is 10.0. The second-order valence-electron chi connectivity index (χ2n) is 7.25. The number of aryl methyl sites for hydroxylation is 1. The van der Waals surface area contributed by atoms with Gasteiger partial charge in [0.1, 0.15) is 23.2 Å². The number of carboxylic acid groups (broad SMARTS) is 1. The van der Waals surface area contributed by atoms with Gasteiger partial charge in [-0.3, -0.25) is 9.59 Å². The van der Waals surface area contributed by atoms with E-state index in [4.69, 9.17) is 11.6 Å². The van der Waals surface area contributed by atoms with Crippen LogP contribution < -0.4 is 10.6 Å². The Bertz CT molecular complexity index is 1180. The predicted octanol–water partition coefficient (Wildman–Crippen LogP) is 4.60. The molecule has 3 rings (SSSR count). The Morgan fingerprint density at radius 2 is 1.52 bits per heavy atom. The molecule has 3 aromatic rings. The van der Waals surface area contributed by atoms with Crippen LogP contribution >= 0.6 is 11.6 Å². The number of benzene rings is 3. The van der Waals surface area contributed by atoms with Crippen LogP contribution in [-0.2, 0) is 11.2 Å². The quantitative estimate of drug-likeness (QED) is 0.468. The van der Waals surface area contributed by atoms with Crippen molar-refractivity contribution >= 4 is 35.1 Å². The number of amides is 2. The Morgan fingerprint density at radius 1 is 0.909 bits per heavy atom. The van der Waals surface area contributed by atoms with E-state index < -0.39 is 41.0 Å². The first kappa shape index (κ1) is 23.9. The summed E-state index contributed by atoms with van der Waals surface area (Å²) in [5.41, 5.74) is 0.909. The smallest absolute Gasteiger partial charge is 0.326 e. The van der Waals surface area contributed by atoms with Crippen LogP contribution in [0.2, 0.25) is 5.02 Å². The van der Waals surface area contributed by atoms with Gasteiger partial charge < -0.3 is 15.7 Å². The highest BCUT2D eigenvalue weighted by Gasteiger charge is 2.23. The summed E-state index contributed by atoms with van der Waals surface area (Å²) in [6, 6.07) is 12.8. The van der Waals surface area contributed by atoms with Crippen molar-refractivity contribution in [2.45, 2.75) is 19.4 Å². The van der Waals surface area contributed by atoms with Crippen LogP contribution in [0.15, 0.2) is 60.7 Å². The first-order valence-electron chi connectivity index (χ1n) is 9.80. The number of rotatable bonds is 7. The summed E-state index contributed by atoms with van der Waals surface area (Å²) in [6.45, 7) is 1.69. The molecule has 0 aromatic heterocycles. The standard InChI is InChI=1S/C24H19ClF2N2O4/c1-13-4-2-5-16(25)20(13)22(30)29-19(24(32)33)12-14-8-10-15(11-9-14)28-23(31)21-17(26)6-3-7-18(21)27/h2-11,19H,12H2,1H3,(H,28,31)(H,29,30)(H,32,33)/t19-/m0/s1. The molecule has 0 aliphatic carbocycles. The van der Waals surface area contributed by atoms with Gasteiger partial charge in [0.25, 0.3) is 11.8 Å². The predicted molar refractivity (Wildman–Crippen MR) is 120 cm³/mol. The van der Waals surface area contributed by atoms with Gasteiger partial charge in [0.15, 0.2) is 0 Å². The molecular formula is C24H19ClF2N2O4. The van der Waals surface area contributed by atoms with Crippen LogP contribution in [0.1, 0.15) is 31.8 Å². The number of carbonyl (C=O) groups excluding carboxylic acids is 2. The number of halogens is 3. The van der Waals surface area contributed by atoms with E-state index in [2.05, 4.69) is 10.6 Å². The molecule has 0 bridgehead atoms. The molecule has 0 fully saturated rings. The van der Waals surface area contributed by atoms with E-state index in [9.17, 15) is 28.3 Å². The Hall–Kier alpha value is -3.78. The van der Waals surface area contributed by atoms with Gasteiger partial charge in [-0.15, -0.1) is 0 Å². The summed E-state index contributed by atoms with van der Waals surface area (Å²) < 4.78 is 27.5. The van der Waals surface area contributed by atoms with E-state index in [0.717, 1.165) is 18.2 Å². The van der Waals surface area contributed by atoms with Crippen molar-refractivity contribution in [3.8, 4) is 0 Å². The fraction of sp³-hybridized carbons (Fsp3) is 0.125. The molecule has 0 spiro atoms. The maximum absolute atomic E-state index is 13.8. The van der Waals surface area contributed by atoms with Gasteiger partial charge in [0, 0.05) is 12.1 Å². The first-order chi connectivity index (χ1) is 15.7. The fourth-order valence-electron chi connectivity index (χ4n) is 3.22. The summed E-state index contributed by atoms with van der Waals surface area (Å²) in [4.78, 5) is 36.5. The SMILES string of the molecule is Cc1cccc(Cl)c1C(=O)N[C@@H](Cc1ccc(NC(=O)c2c(F)cccc2F)cc1)C(=O)O. The summed E-state index contributed by atoms with van der Waals surface area (Å²) in [5, 5.41) is 14.6. The highest BCUT2D eigenvalue weighted by Crippen LogP contribution is 2.20. The number of carboxylic acids is 1. The topological polar surface area (TPSA) is 95.5 Å². The van der Waals surface area contributed by atoms with Crippen LogP contribution in [0.3, 0.4) is 0 Å². The lowest BCUT2D eigenvalue weighted by Crippen LogP contribution is -2.42. The second-order valence-corrected chi connectivity index (χ2v) is 7.66. The third-order valence-electron chi connectivity index (χ3n) is 4.89. The zero-order chi connectivity index (χ0) is 24.1. The molecule has 3 N–H and O–H groups in total. The molecule has 1 atom stereocenters. The normalized spacial score (nSPS) is 11.5. The summed E-state index contributed by atoms with van der Waals surface area (Å²) >= 11 is 6.08. The van der Waals surface area contributed by atoms with Gasteiger partial charge in [-0.2, -0.15) is 0 Å². The Morgan fingerprint density at radius 3 is 2.09 bits per heavy atom. The maximum Gasteiger partial charge on any atom is 0.326 e.